The van der Waals surface area contributed by atoms with Gasteiger partial charge in [-0.25, -0.2) is 4.79 Å². The van der Waals surface area contributed by atoms with Crippen molar-refractivity contribution in [3.8, 4) is 0 Å². The number of hydrogen-bond donors (Lipinski definition) is 3. The van der Waals surface area contributed by atoms with Crippen molar-refractivity contribution in [2.45, 2.75) is 0 Å². The molecule has 0 aliphatic rings. The zero-order chi connectivity index (χ0) is 6.57. The normalized spacial score (nSPS) is 7.22. The number of carbonyl (C=O) groups excluding carboxylic acids is 2. The van der Waals surface area contributed by atoms with Gasteiger partial charge in [0.1, 0.15) is 6.61 Å². The molecule has 0 aromatic heterocycles. The van der Waals surface area contributed by atoms with Crippen molar-refractivity contribution in [2.75, 3.05) is 6.61 Å². The van der Waals surface area contributed by atoms with Crippen molar-refractivity contribution in [2.24, 2.45) is 5.73 Å². The van der Waals surface area contributed by atoms with Crippen LogP contribution < -0.4 is 11.1 Å². The molecule has 0 spiro atoms. The maximum absolute atomic E-state index is 9.96. The summed E-state index contributed by atoms with van der Waals surface area (Å²) in [6.45, 7) is -0.719. The third kappa shape index (κ3) is 8.54. The van der Waals surface area contributed by atoms with Crippen molar-refractivity contribution in [3.05, 3.63) is 0 Å². The Hall–Kier alpha value is 0.536. The Morgan fingerprint density at radius 3 is 2.11 bits per heavy atom. The predicted octanol–water partition coefficient (Wildman–Crippen LogP) is -2.47. The number of hydrogen-bond acceptors (Lipinski definition) is 3. The standard InChI is InChI=1S/C3H6N2O3.K.H/c4-3(8)5-2(7)1-6;;/h6H,1H2,(H3,4,5,7,8);;. The van der Waals surface area contributed by atoms with E-state index in [0.717, 1.165) is 0 Å². The molecule has 5 nitrogen and oxygen atoms in total. The van der Waals surface area contributed by atoms with Crippen molar-refractivity contribution in [1.82, 2.24) is 5.32 Å². The summed E-state index contributed by atoms with van der Waals surface area (Å²) < 4.78 is 0. The molecule has 0 radical (unpaired) electrons. The molecule has 0 atom stereocenters. The Morgan fingerprint density at radius 1 is 1.56 bits per heavy atom. The van der Waals surface area contributed by atoms with Gasteiger partial charge in [-0.15, -0.1) is 0 Å². The minimum atomic E-state index is -0.955. The maximum atomic E-state index is 9.96. The number of nitrogens with one attached hydrogen (secondary N) is 1. The number of carbonyl (C=O) groups is 2. The summed E-state index contributed by atoms with van der Waals surface area (Å²) in [4.78, 5) is 19.7. The molecule has 9 heavy (non-hydrogen) atoms. The average Bonchev–Trinajstić information content (AvgIpc) is 1.65. The molecule has 0 saturated carbocycles. The molecule has 3 amide bonds. The second-order valence-corrected chi connectivity index (χ2v) is 1.07. The SMILES string of the molecule is NC(=O)NC(=O)CO.[KH]. The van der Waals surface area contributed by atoms with Gasteiger partial charge < -0.3 is 10.8 Å². The first-order chi connectivity index (χ1) is 3.66. The Labute approximate surface area is 94.4 Å². The topological polar surface area (TPSA) is 92.4 Å². The van der Waals surface area contributed by atoms with Crippen molar-refractivity contribution < 1.29 is 14.7 Å². The molecule has 0 aliphatic heterocycles. The summed E-state index contributed by atoms with van der Waals surface area (Å²) in [6, 6.07) is -0.955. The van der Waals surface area contributed by atoms with Crippen LogP contribution in [0.5, 0.6) is 0 Å². The molecule has 0 bridgehead atoms. The van der Waals surface area contributed by atoms with Crippen LogP contribution in [0.25, 0.3) is 0 Å². The Bertz CT molecular complexity index is 116. The molecule has 0 saturated heterocycles. The van der Waals surface area contributed by atoms with Crippen LogP contribution in [0.15, 0.2) is 0 Å². The summed E-state index contributed by atoms with van der Waals surface area (Å²) in [5, 5.41) is 9.61. The average molecular weight is 158 g/mol. The molecule has 0 heterocycles. The number of aliphatic hydroxyl groups excluding tert-OH is 1. The zero-order valence-corrected chi connectivity index (χ0v) is 4.05. The fraction of sp³-hybridized carbons (Fsp3) is 0.333. The summed E-state index contributed by atoms with van der Waals surface area (Å²) in [7, 11) is 0. The van der Waals surface area contributed by atoms with E-state index < -0.39 is 18.5 Å². The van der Waals surface area contributed by atoms with Crippen LogP contribution in [-0.2, 0) is 4.79 Å². The van der Waals surface area contributed by atoms with Crippen molar-refractivity contribution >= 4 is 63.3 Å². The fourth-order valence-electron chi connectivity index (χ4n) is 0.177. The molecule has 4 N–H and O–H groups in total. The van der Waals surface area contributed by atoms with Crippen LogP contribution in [0, 0.1) is 0 Å². The summed E-state index contributed by atoms with van der Waals surface area (Å²) in [5.41, 5.74) is 4.49. The van der Waals surface area contributed by atoms with E-state index in [1.165, 1.54) is 0 Å². The second-order valence-electron chi connectivity index (χ2n) is 1.07. The first kappa shape index (κ1) is 12.2. The molecule has 0 unspecified atom stereocenters. The van der Waals surface area contributed by atoms with E-state index in [1.807, 2.05) is 0 Å². The Morgan fingerprint density at radius 2 is 2.00 bits per heavy atom. The molecule has 0 rings (SSSR count). The van der Waals surface area contributed by atoms with E-state index in [4.69, 9.17) is 5.11 Å². The number of rotatable bonds is 1. The summed E-state index contributed by atoms with van der Waals surface area (Å²) in [5.74, 6) is -0.794. The van der Waals surface area contributed by atoms with Gasteiger partial charge in [-0.3, -0.25) is 10.1 Å². The molecule has 6 heteroatoms. The first-order valence-electron chi connectivity index (χ1n) is 1.87. The van der Waals surface area contributed by atoms with Crippen LogP contribution in [0.1, 0.15) is 0 Å². The number of amides is 3. The molecular weight excluding hydrogens is 151 g/mol. The van der Waals surface area contributed by atoms with E-state index in [1.54, 1.807) is 5.32 Å². The van der Waals surface area contributed by atoms with Gasteiger partial charge in [0, 0.05) is 0 Å². The fourth-order valence-corrected chi connectivity index (χ4v) is 0.177. The molecular formula is C3H7KN2O3. The van der Waals surface area contributed by atoms with Gasteiger partial charge in [0.05, 0.1) is 0 Å². The van der Waals surface area contributed by atoms with Crippen molar-refractivity contribution in [1.29, 1.82) is 0 Å². The third-order valence-electron chi connectivity index (χ3n) is 0.406. The Balaban J connectivity index is 0. The monoisotopic (exact) mass is 158 g/mol. The van der Waals surface area contributed by atoms with Gasteiger partial charge >= 0.3 is 57.4 Å². The molecule has 0 aromatic carbocycles. The van der Waals surface area contributed by atoms with E-state index >= 15 is 0 Å². The van der Waals surface area contributed by atoms with E-state index in [9.17, 15) is 9.59 Å². The number of primary amides is 1. The van der Waals surface area contributed by atoms with Gasteiger partial charge in [-0.05, 0) is 0 Å². The molecule has 48 valence electrons. The Kier molecular flexibility index (Phi) is 9.05. The molecule has 0 fully saturated rings. The van der Waals surface area contributed by atoms with Gasteiger partial charge in [0.15, 0.2) is 0 Å². The second kappa shape index (κ2) is 6.65. The van der Waals surface area contributed by atoms with Crippen LogP contribution in [-0.4, -0.2) is 75.0 Å². The van der Waals surface area contributed by atoms with Crippen LogP contribution in [0.4, 0.5) is 4.79 Å². The summed E-state index contributed by atoms with van der Waals surface area (Å²) in [6.07, 6.45) is 0. The van der Waals surface area contributed by atoms with Gasteiger partial charge in [-0.1, -0.05) is 0 Å². The number of imide groups is 1. The summed E-state index contributed by atoms with van der Waals surface area (Å²) >= 11 is 0. The minimum absolute atomic E-state index is 0. The van der Waals surface area contributed by atoms with Crippen LogP contribution in [0.3, 0.4) is 0 Å². The first-order valence-corrected chi connectivity index (χ1v) is 1.87. The quantitative estimate of drug-likeness (QED) is 0.369. The molecule has 0 aliphatic carbocycles. The number of urea groups is 1. The zero-order valence-electron chi connectivity index (χ0n) is 4.05. The van der Waals surface area contributed by atoms with Gasteiger partial charge in [-0.2, -0.15) is 0 Å². The number of nitrogens with two attached hydrogens (primary N) is 1. The van der Waals surface area contributed by atoms with E-state index in [-0.39, 0.29) is 51.4 Å². The number of aliphatic hydroxyl groups is 1. The van der Waals surface area contributed by atoms with E-state index in [2.05, 4.69) is 5.73 Å². The third-order valence-corrected chi connectivity index (χ3v) is 0.406. The predicted molar refractivity (Wildman–Crippen MR) is 32.0 cm³/mol. The van der Waals surface area contributed by atoms with Crippen LogP contribution in [0.2, 0.25) is 0 Å². The molecule has 0 aromatic rings. The van der Waals surface area contributed by atoms with E-state index in [0.29, 0.717) is 0 Å². The van der Waals surface area contributed by atoms with Gasteiger partial charge in [0.25, 0.3) is 5.91 Å². The van der Waals surface area contributed by atoms with Crippen molar-refractivity contribution in [3.63, 3.8) is 0 Å². The van der Waals surface area contributed by atoms with Gasteiger partial charge in [0.2, 0.25) is 0 Å². The van der Waals surface area contributed by atoms with Crippen LogP contribution >= 0.6 is 0 Å².